The number of hydrogen-bond donors (Lipinski definition) is 0. The van der Waals surface area contributed by atoms with Crippen LogP contribution in [0, 0.1) is 0 Å². The van der Waals surface area contributed by atoms with Crippen LogP contribution >= 0.6 is 0 Å². The standard InChI is InChI=1S/C50H33NO/c1-3-13-36(14-4-1)46-33-49-50(45-20-9-10-21-48(45)52-49)44-29-26-40(32-47(44)46)35-24-27-42(28-25-35)51(41-17-5-2-6-18-41)43-19-11-16-38(31-43)39-23-22-34-12-7-8-15-37(34)30-39/h1-33H. The van der Waals surface area contributed by atoms with Gasteiger partial charge in [0.2, 0.25) is 0 Å². The maximum absolute atomic E-state index is 6.39. The zero-order chi connectivity index (χ0) is 34.4. The molecule has 0 saturated carbocycles. The van der Waals surface area contributed by atoms with E-state index in [1.807, 2.05) is 6.07 Å². The van der Waals surface area contributed by atoms with Crippen LogP contribution in [0.5, 0.6) is 0 Å². The van der Waals surface area contributed by atoms with Crippen molar-refractivity contribution in [2.45, 2.75) is 0 Å². The Hall–Kier alpha value is -6.90. The zero-order valence-corrected chi connectivity index (χ0v) is 28.4. The molecule has 0 saturated heterocycles. The number of rotatable bonds is 6. The van der Waals surface area contributed by atoms with Crippen LogP contribution in [-0.2, 0) is 0 Å². The van der Waals surface area contributed by atoms with Gasteiger partial charge in [0, 0.05) is 27.8 Å². The van der Waals surface area contributed by atoms with Crippen molar-refractivity contribution in [2.75, 3.05) is 4.90 Å². The zero-order valence-electron chi connectivity index (χ0n) is 28.4. The summed E-state index contributed by atoms with van der Waals surface area (Å²) in [4.78, 5) is 2.34. The Bertz CT molecular complexity index is 2890. The van der Waals surface area contributed by atoms with Crippen molar-refractivity contribution in [2.24, 2.45) is 0 Å². The molecule has 1 aromatic heterocycles. The quantitative estimate of drug-likeness (QED) is 0.176. The van der Waals surface area contributed by atoms with Crippen LogP contribution in [0.25, 0.3) is 76.9 Å². The molecule has 0 aliphatic heterocycles. The van der Waals surface area contributed by atoms with E-state index in [1.54, 1.807) is 0 Å². The van der Waals surface area contributed by atoms with Gasteiger partial charge in [-0.15, -0.1) is 0 Å². The Balaban J connectivity index is 1.07. The first-order valence-corrected chi connectivity index (χ1v) is 17.8. The number of para-hydroxylation sites is 2. The predicted molar refractivity (Wildman–Crippen MR) is 220 cm³/mol. The number of anilines is 3. The fraction of sp³-hybridized carbons (Fsp3) is 0. The van der Waals surface area contributed by atoms with E-state index >= 15 is 0 Å². The van der Waals surface area contributed by atoms with Crippen molar-refractivity contribution in [1.82, 2.24) is 0 Å². The molecular weight excluding hydrogens is 631 g/mol. The van der Waals surface area contributed by atoms with Crippen LogP contribution in [0.2, 0.25) is 0 Å². The van der Waals surface area contributed by atoms with E-state index in [0.29, 0.717) is 0 Å². The second kappa shape index (κ2) is 12.5. The molecule has 0 aliphatic carbocycles. The lowest BCUT2D eigenvalue weighted by Crippen LogP contribution is -2.09. The summed E-state index contributed by atoms with van der Waals surface area (Å²) in [5.74, 6) is 0. The summed E-state index contributed by atoms with van der Waals surface area (Å²) in [6, 6.07) is 71.7. The molecular formula is C50H33NO. The number of furan rings is 1. The molecule has 0 aliphatic rings. The Morgan fingerprint density at radius 1 is 0.308 bits per heavy atom. The molecule has 0 fully saturated rings. The van der Waals surface area contributed by atoms with Gasteiger partial charge in [0.25, 0.3) is 0 Å². The average molecular weight is 664 g/mol. The number of benzene rings is 9. The highest BCUT2D eigenvalue weighted by Gasteiger charge is 2.17. The molecule has 10 rings (SSSR count). The lowest BCUT2D eigenvalue weighted by molar-refractivity contribution is 0.669. The SMILES string of the molecule is c1ccc(-c2cc3oc4ccccc4c3c3ccc(-c4ccc(N(c5ccccc5)c5cccc(-c6ccc7ccccc7c6)c5)cc4)cc23)cc1. The molecule has 0 amide bonds. The minimum absolute atomic E-state index is 0.912. The highest BCUT2D eigenvalue weighted by molar-refractivity contribution is 6.22. The third kappa shape index (κ3) is 5.21. The molecule has 0 radical (unpaired) electrons. The van der Waals surface area contributed by atoms with Crippen molar-refractivity contribution in [1.29, 1.82) is 0 Å². The average Bonchev–Trinajstić information content (AvgIpc) is 3.60. The molecule has 1 heterocycles. The van der Waals surface area contributed by atoms with E-state index in [4.69, 9.17) is 4.42 Å². The molecule has 2 nitrogen and oxygen atoms in total. The largest absolute Gasteiger partial charge is 0.456 e. The van der Waals surface area contributed by atoms with Crippen molar-refractivity contribution in [3.05, 3.63) is 200 Å². The van der Waals surface area contributed by atoms with Crippen LogP contribution in [0.3, 0.4) is 0 Å². The van der Waals surface area contributed by atoms with Gasteiger partial charge in [-0.05, 0) is 116 Å². The molecule has 0 unspecified atom stereocenters. The lowest BCUT2D eigenvalue weighted by Gasteiger charge is -2.26. The van der Waals surface area contributed by atoms with Crippen LogP contribution in [-0.4, -0.2) is 0 Å². The monoisotopic (exact) mass is 663 g/mol. The molecule has 9 aromatic carbocycles. The molecule has 10 aromatic rings. The fourth-order valence-corrected chi connectivity index (χ4v) is 7.69. The molecule has 2 heteroatoms. The van der Waals surface area contributed by atoms with Gasteiger partial charge in [0.1, 0.15) is 11.2 Å². The van der Waals surface area contributed by atoms with Crippen LogP contribution < -0.4 is 4.90 Å². The van der Waals surface area contributed by atoms with Crippen molar-refractivity contribution >= 4 is 60.5 Å². The van der Waals surface area contributed by atoms with Crippen molar-refractivity contribution in [3.8, 4) is 33.4 Å². The van der Waals surface area contributed by atoms with Gasteiger partial charge in [0.05, 0.1) is 0 Å². The highest BCUT2D eigenvalue weighted by Crippen LogP contribution is 2.42. The Morgan fingerprint density at radius 2 is 0.923 bits per heavy atom. The van der Waals surface area contributed by atoms with Gasteiger partial charge in [-0.2, -0.15) is 0 Å². The summed E-state index contributed by atoms with van der Waals surface area (Å²) in [5.41, 5.74) is 12.2. The summed E-state index contributed by atoms with van der Waals surface area (Å²) in [5, 5.41) is 7.21. The fourth-order valence-electron chi connectivity index (χ4n) is 7.69. The third-order valence-corrected chi connectivity index (χ3v) is 10.2. The Labute approximate surface area is 302 Å². The van der Waals surface area contributed by atoms with E-state index in [2.05, 4.69) is 199 Å². The van der Waals surface area contributed by atoms with Gasteiger partial charge in [-0.25, -0.2) is 0 Å². The summed E-state index contributed by atoms with van der Waals surface area (Å²) < 4.78 is 6.39. The minimum Gasteiger partial charge on any atom is -0.456 e. The third-order valence-electron chi connectivity index (χ3n) is 10.2. The summed E-state index contributed by atoms with van der Waals surface area (Å²) in [6.07, 6.45) is 0. The Morgan fingerprint density at radius 3 is 1.77 bits per heavy atom. The lowest BCUT2D eigenvalue weighted by atomic mass is 9.92. The number of hydrogen-bond acceptors (Lipinski definition) is 2. The van der Waals surface area contributed by atoms with Crippen LogP contribution in [0.15, 0.2) is 205 Å². The van der Waals surface area contributed by atoms with E-state index in [1.165, 1.54) is 54.9 Å². The second-order valence-electron chi connectivity index (χ2n) is 13.4. The topological polar surface area (TPSA) is 16.4 Å². The van der Waals surface area contributed by atoms with E-state index in [0.717, 1.165) is 39.0 Å². The second-order valence-corrected chi connectivity index (χ2v) is 13.4. The first kappa shape index (κ1) is 30.0. The normalized spacial score (nSPS) is 11.5. The summed E-state index contributed by atoms with van der Waals surface area (Å²) in [6.45, 7) is 0. The van der Waals surface area contributed by atoms with Gasteiger partial charge >= 0.3 is 0 Å². The first-order chi connectivity index (χ1) is 25.8. The van der Waals surface area contributed by atoms with E-state index in [-0.39, 0.29) is 0 Å². The van der Waals surface area contributed by atoms with Crippen LogP contribution in [0.4, 0.5) is 17.1 Å². The molecule has 0 N–H and O–H groups in total. The molecule has 52 heavy (non-hydrogen) atoms. The molecule has 0 bridgehead atoms. The Kier molecular flexibility index (Phi) is 7.18. The van der Waals surface area contributed by atoms with Gasteiger partial charge < -0.3 is 9.32 Å². The molecule has 0 atom stereocenters. The first-order valence-electron chi connectivity index (χ1n) is 17.8. The van der Waals surface area contributed by atoms with Gasteiger partial charge in [0.15, 0.2) is 0 Å². The van der Waals surface area contributed by atoms with E-state index < -0.39 is 0 Å². The molecule has 244 valence electrons. The van der Waals surface area contributed by atoms with E-state index in [9.17, 15) is 0 Å². The van der Waals surface area contributed by atoms with Gasteiger partial charge in [-0.1, -0.05) is 140 Å². The highest BCUT2D eigenvalue weighted by atomic mass is 16.3. The van der Waals surface area contributed by atoms with Crippen molar-refractivity contribution in [3.63, 3.8) is 0 Å². The number of nitrogens with zero attached hydrogens (tertiary/aromatic N) is 1. The van der Waals surface area contributed by atoms with Crippen LogP contribution in [0.1, 0.15) is 0 Å². The summed E-state index contributed by atoms with van der Waals surface area (Å²) in [7, 11) is 0. The maximum Gasteiger partial charge on any atom is 0.136 e. The smallest absolute Gasteiger partial charge is 0.136 e. The van der Waals surface area contributed by atoms with Crippen molar-refractivity contribution < 1.29 is 4.42 Å². The maximum atomic E-state index is 6.39. The predicted octanol–water partition coefficient (Wildman–Crippen LogP) is 14.4. The minimum atomic E-state index is 0.912. The number of fused-ring (bicyclic) bond motifs is 6. The molecule has 0 spiro atoms. The van der Waals surface area contributed by atoms with Gasteiger partial charge in [-0.3, -0.25) is 0 Å². The summed E-state index contributed by atoms with van der Waals surface area (Å²) >= 11 is 0.